The van der Waals surface area contributed by atoms with Crippen molar-refractivity contribution in [3.8, 4) is 23.0 Å². The molecule has 3 heterocycles. The highest BCUT2D eigenvalue weighted by Crippen LogP contribution is 2.37. The first-order chi connectivity index (χ1) is 20.4. The molecule has 0 saturated heterocycles. The van der Waals surface area contributed by atoms with E-state index in [1.807, 2.05) is 0 Å². The molecule has 0 atom stereocenters. The Morgan fingerprint density at radius 2 is 1.84 bits per heavy atom. The summed E-state index contributed by atoms with van der Waals surface area (Å²) in [5.41, 5.74) is -2.01. The Morgan fingerprint density at radius 1 is 1.09 bits per heavy atom. The van der Waals surface area contributed by atoms with Crippen molar-refractivity contribution in [3.63, 3.8) is 0 Å². The molecule has 1 N–H and O–H groups in total. The Kier molecular flexibility index (Phi) is 7.92. The molecule has 0 radical (unpaired) electrons. The molecule has 0 aliphatic heterocycles. The SMILES string of the molecule is CCOC(=O)c1nc(-c2cc(Oc3ccc4c(c3)nc(N(c3cc(F)ccc3Cl)C(F)F)n4C)ccn2)[nH]c1C(F)(F)F. The molecule has 224 valence electrons. The van der Waals surface area contributed by atoms with Crippen LogP contribution in [0.4, 0.5) is 38.0 Å². The fourth-order valence-corrected chi connectivity index (χ4v) is 4.41. The number of nitrogens with zero attached hydrogens (tertiary/aromatic N) is 5. The van der Waals surface area contributed by atoms with Crippen molar-refractivity contribution >= 4 is 40.2 Å². The van der Waals surface area contributed by atoms with Gasteiger partial charge in [0.1, 0.15) is 23.0 Å². The average Bonchev–Trinajstić information content (AvgIpc) is 3.53. The van der Waals surface area contributed by atoms with Gasteiger partial charge >= 0.3 is 18.7 Å². The molecule has 0 spiro atoms. The Labute approximate surface area is 243 Å². The van der Waals surface area contributed by atoms with Crippen molar-refractivity contribution in [2.45, 2.75) is 19.6 Å². The average molecular weight is 625 g/mol. The Bertz CT molecular complexity index is 1820. The third-order valence-electron chi connectivity index (χ3n) is 6.07. The minimum Gasteiger partial charge on any atom is -0.461 e. The molecule has 0 amide bonds. The number of esters is 1. The molecule has 3 aromatic heterocycles. The van der Waals surface area contributed by atoms with Gasteiger partial charge in [-0.3, -0.25) is 9.88 Å². The molecule has 0 fully saturated rings. The van der Waals surface area contributed by atoms with E-state index in [9.17, 15) is 31.1 Å². The summed E-state index contributed by atoms with van der Waals surface area (Å²) in [4.78, 5) is 26.7. The monoisotopic (exact) mass is 624 g/mol. The lowest BCUT2D eigenvalue weighted by Crippen LogP contribution is -2.26. The van der Waals surface area contributed by atoms with Gasteiger partial charge in [-0.1, -0.05) is 11.6 Å². The summed E-state index contributed by atoms with van der Waals surface area (Å²) >= 11 is 6.08. The van der Waals surface area contributed by atoms with E-state index < -0.39 is 35.9 Å². The maximum absolute atomic E-state index is 14.2. The van der Waals surface area contributed by atoms with E-state index in [1.165, 1.54) is 49.0 Å². The number of H-pyrrole nitrogens is 1. The zero-order valence-electron chi connectivity index (χ0n) is 22.1. The Morgan fingerprint density at radius 3 is 2.53 bits per heavy atom. The fourth-order valence-electron chi connectivity index (χ4n) is 4.20. The second-order valence-corrected chi connectivity index (χ2v) is 9.28. The highest BCUT2D eigenvalue weighted by Gasteiger charge is 2.40. The van der Waals surface area contributed by atoms with Crippen molar-refractivity contribution in [1.29, 1.82) is 0 Å². The zero-order valence-corrected chi connectivity index (χ0v) is 22.8. The minimum absolute atomic E-state index is 0.0701. The van der Waals surface area contributed by atoms with Crippen molar-refractivity contribution in [3.05, 3.63) is 77.0 Å². The van der Waals surface area contributed by atoms with E-state index in [0.29, 0.717) is 10.4 Å². The predicted molar refractivity (Wildman–Crippen MR) is 143 cm³/mol. The van der Waals surface area contributed by atoms with Crippen LogP contribution in [0.25, 0.3) is 22.6 Å². The number of aromatic amines is 1. The smallest absolute Gasteiger partial charge is 0.433 e. The van der Waals surface area contributed by atoms with Crippen molar-refractivity contribution < 1.29 is 40.6 Å². The molecule has 0 saturated carbocycles. The molecule has 0 aliphatic rings. The van der Waals surface area contributed by atoms with Crippen LogP contribution in [0.5, 0.6) is 11.5 Å². The summed E-state index contributed by atoms with van der Waals surface area (Å²) < 4.78 is 94.7. The quantitative estimate of drug-likeness (QED) is 0.108. The number of hydrogen-bond donors (Lipinski definition) is 1. The van der Waals surface area contributed by atoms with E-state index in [2.05, 4.69) is 24.7 Å². The number of anilines is 2. The van der Waals surface area contributed by atoms with Gasteiger partial charge < -0.3 is 19.0 Å². The minimum atomic E-state index is -4.92. The summed E-state index contributed by atoms with van der Waals surface area (Å²) in [6, 6.07) is 10.3. The van der Waals surface area contributed by atoms with E-state index in [1.54, 1.807) is 6.07 Å². The number of fused-ring (bicyclic) bond motifs is 1. The molecular weight excluding hydrogens is 606 g/mol. The molecule has 0 aliphatic carbocycles. The molecule has 5 rings (SSSR count). The lowest BCUT2D eigenvalue weighted by Gasteiger charge is -2.23. The Balaban J connectivity index is 1.47. The number of carbonyl (C=O) groups excluding carboxylic acids is 1. The number of aromatic nitrogens is 5. The number of rotatable bonds is 8. The highest BCUT2D eigenvalue weighted by atomic mass is 35.5. The number of nitrogens with one attached hydrogen (secondary N) is 1. The largest absolute Gasteiger partial charge is 0.461 e. The summed E-state index contributed by atoms with van der Waals surface area (Å²) in [6.07, 6.45) is -3.66. The van der Waals surface area contributed by atoms with Crippen LogP contribution in [-0.2, 0) is 18.0 Å². The maximum Gasteiger partial charge on any atom is 0.433 e. The van der Waals surface area contributed by atoms with Crippen molar-refractivity contribution in [1.82, 2.24) is 24.5 Å². The van der Waals surface area contributed by atoms with Crippen LogP contribution in [0.15, 0.2) is 54.7 Å². The molecular formula is C27H19ClF6N6O3. The first-order valence-electron chi connectivity index (χ1n) is 12.3. The second kappa shape index (κ2) is 11.5. The summed E-state index contributed by atoms with van der Waals surface area (Å²) in [7, 11) is 1.49. The number of benzene rings is 2. The fraction of sp³-hybridized carbons (Fsp3) is 0.185. The van der Waals surface area contributed by atoms with Gasteiger partial charge in [-0.05, 0) is 43.3 Å². The van der Waals surface area contributed by atoms with Crippen molar-refractivity contribution in [2.75, 3.05) is 11.5 Å². The molecule has 2 aromatic carbocycles. The predicted octanol–water partition coefficient (Wildman–Crippen LogP) is 7.50. The lowest BCUT2D eigenvalue weighted by molar-refractivity contribution is -0.141. The second-order valence-electron chi connectivity index (χ2n) is 8.87. The maximum atomic E-state index is 14.2. The third-order valence-corrected chi connectivity index (χ3v) is 6.39. The van der Waals surface area contributed by atoms with Crippen LogP contribution in [0.2, 0.25) is 5.02 Å². The van der Waals surface area contributed by atoms with Crippen molar-refractivity contribution in [2.24, 2.45) is 7.05 Å². The van der Waals surface area contributed by atoms with Gasteiger partial charge in [0, 0.05) is 25.4 Å². The van der Waals surface area contributed by atoms with E-state index in [0.717, 1.165) is 18.2 Å². The Hall–Kier alpha value is -4.79. The summed E-state index contributed by atoms with van der Waals surface area (Å²) in [5.74, 6) is -2.27. The van der Waals surface area contributed by atoms with Crippen LogP contribution < -0.4 is 9.64 Å². The first kappa shape index (κ1) is 29.7. The molecule has 43 heavy (non-hydrogen) atoms. The summed E-state index contributed by atoms with van der Waals surface area (Å²) in [6.45, 7) is -1.83. The van der Waals surface area contributed by atoms with Gasteiger partial charge in [-0.25, -0.2) is 19.2 Å². The number of aryl methyl sites for hydroxylation is 1. The van der Waals surface area contributed by atoms with E-state index in [4.69, 9.17) is 16.3 Å². The number of hydrogen-bond acceptors (Lipinski definition) is 7. The number of pyridine rings is 1. The number of alkyl halides is 5. The number of imidazole rings is 2. The molecule has 5 aromatic rings. The highest BCUT2D eigenvalue weighted by molar-refractivity contribution is 6.33. The van der Waals surface area contributed by atoms with Crippen LogP contribution in [0.3, 0.4) is 0 Å². The van der Waals surface area contributed by atoms with Gasteiger partial charge in [0.05, 0.1) is 28.4 Å². The molecule has 16 heteroatoms. The van der Waals surface area contributed by atoms with Gasteiger partial charge in [-0.2, -0.15) is 22.0 Å². The number of ether oxygens (including phenoxy) is 2. The van der Waals surface area contributed by atoms with E-state index >= 15 is 0 Å². The van der Waals surface area contributed by atoms with Crippen LogP contribution >= 0.6 is 11.6 Å². The zero-order chi connectivity index (χ0) is 31.1. The van der Waals surface area contributed by atoms with Gasteiger partial charge in [0.25, 0.3) is 0 Å². The normalized spacial score (nSPS) is 11.8. The molecule has 0 bridgehead atoms. The summed E-state index contributed by atoms with van der Waals surface area (Å²) in [5, 5.41) is -0.112. The van der Waals surface area contributed by atoms with E-state index in [-0.39, 0.29) is 51.8 Å². The number of carbonyl (C=O) groups is 1. The van der Waals surface area contributed by atoms with Gasteiger partial charge in [0.2, 0.25) is 5.95 Å². The van der Waals surface area contributed by atoms with Crippen LogP contribution in [0, 0.1) is 5.82 Å². The third kappa shape index (κ3) is 5.93. The molecule has 9 nitrogen and oxygen atoms in total. The van der Waals surface area contributed by atoms with Crippen LogP contribution in [-0.4, -0.2) is 43.6 Å². The first-order valence-corrected chi connectivity index (χ1v) is 12.7. The molecule has 0 unspecified atom stereocenters. The topological polar surface area (TPSA) is 98.2 Å². The van der Waals surface area contributed by atoms with Crippen LogP contribution in [0.1, 0.15) is 23.1 Å². The van der Waals surface area contributed by atoms with Gasteiger partial charge in [-0.15, -0.1) is 0 Å². The number of halogens is 7. The van der Waals surface area contributed by atoms with Gasteiger partial charge in [0.15, 0.2) is 17.2 Å². The standard InChI is InChI=1S/C27H19ClF6N6O3/c1-3-42-24(41)21-22(27(32,33)34)38-23(37-21)18-12-15(8-9-35-18)43-14-5-7-19-17(11-14)36-26(39(19)2)40(25(30)31)20-10-13(29)4-6-16(20)28/h4-12,25H,3H2,1-2H3,(H,37,38). The lowest BCUT2D eigenvalue weighted by atomic mass is 10.3.